The lowest BCUT2D eigenvalue weighted by Crippen LogP contribution is -2.34. The van der Waals surface area contributed by atoms with Crippen molar-refractivity contribution >= 4 is 22.6 Å². The average Bonchev–Trinajstić information content (AvgIpc) is 3.28. The zero-order valence-electron chi connectivity index (χ0n) is 12.3. The van der Waals surface area contributed by atoms with Crippen LogP contribution in [-0.2, 0) is 6.42 Å². The Balaban J connectivity index is 1.59. The predicted octanol–water partition coefficient (Wildman–Crippen LogP) is 4.10. The summed E-state index contributed by atoms with van der Waals surface area (Å²) in [5.41, 5.74) is 2.31. The van der Waals surface area contributed by atoms with Crippen LogP contribution in [0.1, 0.15) is 50.4 Å². The monoisotopic (exact) mass is 303 g/mol. The molecule has 2 aliphatic rings. The molecule has 0 spiro atoms. The van der Waals surface area contributed by atoms with Crippen molar-refractivity contribution in [2.45, 2.75) is 57.0 Å². The Hall–Kier alpha value is -1.06. The van der Waals surface area contributed by atoms with E-state index in [4.69, 9.17) is 16.6 Å². The summed E-state index contributed by atoms with van der Waals surface area (Å²) in [5, 5.41) is 4.45. The molecule has 2 fully saturated rings. The minimum Gasteiger partial charge on any atom is -0.325 e. The first-order valence-corrected chi connectivity index (χ1v) is 8.59. The van der Waals surface area contributed by atoms with E-state index in [9.17, 15) is 0 Å². The lowest BCUT2D eigenvalue weighted by molar-refractivity contribution is 0.379. The maximum absolute atomic E-state index is 6.17. The zero-order valence-corrected chi connectivity index (χ0v) is 13.1. The predicted molar refractivity (Wildman–Crippen MR) is 87.0 cm³/mol. The van der Waals surface area contributed by atoms with Gasteiger partial charge in [0.05, 0.1) is 11.0 Å². The highest BCUT2D eigenvalue weighted by Crippen LogP contribution is 2.39. The van der Waals surface area contributed by atoms with Crippen molar-refractivity contribution < 1.29 is 0 Å². The molecule has 21 heavy (non-hydrogen) atoms. The third kappa shape index (κ3) is 2.82. The number of hydrogen-bond acceptors (Lipinski definition) is 2. The molecule has 1 aliphatic carbocycles. The second-order valence-electron chi connectivity index (χ2n) is 6.45. The Morgan fingerprint density at radius 1 is 1.24 bits per heavy atom. The van der Waals surface area contributed by atoms with Gasteiger partial charge in [0, 0.05) is 23.5 Å². The standard InChI is InChI=1S/C17H22ClN3/c18-12-4-8-15-16(11-12)21(14-6-7-14)17(20-15)9-5-13-3-1-2-10-19-13/h4,8,11,13-14,19H,1-3,5-7,9-10H2. The second-order valence-corrected chi connectivity index (χ2v) is 6.88. The quantitative estimate of drug-likeness (QED) is 0.921. The summed E-state index contributed by atoms with van der Waals surface area (Å²) in [4.78, 5) is 4.88. The molecule has 4 heteroatoms. The summed E-state index contributed by atoms with van der Waals surface area (Å²) in [6.45, 7) is 1.18. The van der Waals surface area contributed by atoms with Crippen LogP contribution in [0.25, 0.3) is 11.0 Å². The first-order chi connectivity index (χ1) is 10.3. The van der Waals surface area contributed by atoms with E-state index in [-0.39, 0.29) is 0 Å². The van der Waals surface area contributed by atoms with E-state index >= 15 is 0 Å². The van der Waals surface area contributed by atoms with Gasteiger partial charge in [-0.2, -0.15) is 0 Å². The number of halogens is 1. The molecule has 0 bridgehead atoms. The Morgan fingerprint density at radius 3 is 2.90 bits per heavy atom. The molecule has 1 aromatic heterocycles. The molecule has 0 amide bonds. The molecule has 1 unspecified atom stereocenters. The molecule has 1 N–H and O–H groups in total. The number of aryl methyl sites for hydroxylation is 1. The maximum Gasteiger partial charge on any atom is 0.110 e. The smallest absolute Gasteiger partial charge is 0.110 e. The fraction of sp³-hybridized carbons (Fsp3) is 0.588. The molecular formula is C17H22ClN3. The Kier molecular flexibility index (Phi) is 3.64. The molecule has 3 nitrogen and oxygen atoms in total. The molecular weight excluding hydrogens is 282 g/mol. The van der Waals surface area contributed by atoms with Crippen LogP contribution >= 0.6 is 11.6 Å². The first kappa shape index (κ1) is 13.6. The molecule has 1 atom stereocenters. The summed E-state index contributed by atoms with van der Waals surface area (Å²) in [6.07, 6.45) is 8.85. The van der Waals surface area contributed by atoms with Gasteiger partial charge in [-0.3, -0.25) is 0 Å². The lowest BCUT2D eigenvalue weighted by atomic mass is 10.0. The van der Waals surface area contributed by atoms with Gasteiger partial charge in [-0.05, 0) is 56.8 Å². The number of fused-ring (bicyclic) bond motifs is 1. The highest BCUT2D eigenvalue weighted by atomic mass is 35.5. The summed E-state index contributed by atoms with van der Waals surface area (Å²) in [7, 11) is 0. The third-order valence-corrected chi connectivity index (χ3v) is 5.00. The Labute approximate surface area is 130 Å². The number of hydrogen-bond donors (Lipinski definition) is 1. The molecule has 1 saturated carbocycles. The normalized spacial score (nSPS) is 22.8. The minimum atomic E-state index is 0.655. The van der Waals surface area contributed by atoms with Gasteiger partial charge in [0.15, 0.2) is 0 Å². The number of piperidine rings is 1. The van der Waals surface area contributed by atoms with E-state index in [2.05, 4.69) is 22.0 Å². The van der Waals surface area contributed by atoms with Crippen molar-refractivity contribution in [3.63, 3.8) is 0 Å². The molecule has 2 heterocycles. The van der Waals surface area contributed by atoms with E-state index in [0.29, 0.717) is 12.1 Å². The average molecular weight is 304 g/mol. The van der Waals surface area contributed by atoms with Gasteiger partial charge in [-0.1, -0.05) is 18.0 Å². The maximum atomic E-state index is 6.17. The fourth-order valence-corrected chi connectivity index (χ4v) is 3.67. The summed E-state index contributed by atoms with van der Waals surface area (Å²) in [6, 6.07) is 7.40. The van der Waals surface area contributed by atoms with Crippen molar-refractivity contribution in [3.8, 4) is 0 Å². The van der Waals surface area contributed by atoms with E-state index in [1.165, 1.54) is 56.4 Å². The van der Waals surface area contributed by atoms with Gasteiger partial charge in [0.2, 0.25) is 0 Å². The first-order valence-electron chi connectivity index (χ1n) is 8.21. The number of benzene rings is 1. The zero-order chi connectivity index (χ0) is 14.2. The van der Waals surface area contributed by atoms with E-state index < -0.39 is 0 Å². The van der Waals surface area contributed by atoms with Crippen molar-refractivity contribution in [1.82, 2.24) is 14.9 Å². The van der Waals surface area contributed by atoms with Crippen LogP contribution in [0.2, 0.25) is 5.02 Å². The van der Waals surface area contributed by atoms with Crippen LogP contribution in [-0.4, -0.2) is 22.1 Å². The molecule has 1 aromatic carbocycles. The van der Waals surface area contributed by atoms with Crippen LogP contribution < -0.4 is 5.32 Å². The Bertz CT molecular complexity index is 639. The minimum absolute atomic E-state index is 0.655. The summed E-state index contributed by atoms with van der Waals surface area (Å²) < 4.78 is 2.45. The lowest BCUT2D eigenvalue weighted by Gasteiger charge is -2.23. The molecule has 2 aromatic rings. The number of nitrogens with zero attached hydrogens (tertiary/aromatic N) is 2. The van der Waals surface area contributed by atoms with Gasteiger partial charge in [-0.25, -0.2) is 4.98 Å². The molecule has 1 saturated heterocycles. The second kappa shape index (κ2) is 5.62. The fourth-order valence-electron chi connectivity index (χ4n) is 3.51. The van der Waals surface area contributed by atoms with Crippen LogP contribution in [0.4, 0.5) is 0 Å². The van der Waals surface area contributed by atoms with Crippen LogP contribution in [0.15, 0.2) is 18.2 Å². The number of nitrogens with one attached hydrogen (secondary N) is 1. The van der Waals surface area contributed by atoms with Crippen LogP contribution in [0, 0.1) is 0 Å². The van der Waals surface area contributed by atoms with Crippen molar-refractivity contribution in [3.05, 3.63) is 29.0 Å². The van der Waals surface area contributed by atoms with E-state index in [1.54, 1.807) is 0 Å². The SMILES string of the molecule is Clc1ccc2nc(CCC3CCCCN3)n(C3CC3)c2c1. The molecule has 4 rings (SSSR count). The largest absolute Gasteiger partial charge is 0.325 e. The van der Waals surface area contributed by atoms with Gasteiger partial charge in [-0.15, -0.1) is 0 Å². The van der Waals surface area contributed by atoms with Gasteiger partial charge in [0.25, 0.3) is 0 Å². The highest BCUT2D eigenvalue weighted by Gasteiger charge is 2.28. The molecule has 0 radical (unpaired) electrons. The van der Waals surface area contributed by atoms with Crippen molar-refractivity contribution in [1.29, 1.82) is 0 Å². The number of aromatic nitrogens is 2. The Morgan fingerprint density at radius 2 is 2.14 bits per heavy atom. The van der Waals surface area contributed by atoms with Crippen LogP contribution in [0.5, 0.6) is 0 Å². The molecule has 1 aliphatic heterocycles. The van der Waals surface area contributed by atoms with E-state index in [0.717, 1.165) is 17.0 Å². The van der Waals surface area contributed by atoms with E-state index in [1.807, 2.05) is 6.07 Å². The van der Waals surface area contributed by atoms with Gasteiger partial charge < -0.3 is 9.88 Å². The highest BCUT2D eigenvalue weighted by molar-refractivity contribution is 6.31. The number of rotatable bonds is 4. The summed E-state index contributed by atoms with van der Waals surface area (Å²) in [5.74, 6) is 1.25. The summed E-state index contributed by atoms with van der Waals surface area (Å²) >= 11 is 6.17. The molecule has 112 valence electrons. The van der Waals surface area contributed by atoms with Gasteiger partial charge >= 0.3 is 0 Å². The third-order valence-electron chi connectivity index (χ3n) is 4.77. The number of imidazole rings is 1. The van der Waals surface area contributed by atoms with Gasteiger partial charge in [0.1, 0.15) is 5.82 Å². The van der Waals surface area contributed by atoms with Crippen molar-refractivity contribution in [2.24, 2.45) is 0 Å². The van der Waals surface area contributed by atoms with Crippen molar-refractivity contribution in [2.75, 3.05) is 6.54 Å². The van der Waals surface area contributed by atoms with Crippen LogP contribution in [0.3, 0.4) is 0 Å². The topological polar surface area (TPSA) is 29.9 Å².